The molecule has 0 aliphatic heterocycles. The average Bonchev–Trinajstić information content (AvgIpc) is 1.99. The van der Waals surface area contributed by atoms with Crippen molar-refractivity contribution in [1.29, 1.82) is 0 Å². The molecule has 0 heterocycles. The van der Waals surface area contributed by atoms with Crippen LogP contribution in [0.2, 0.25) is 0 Å². The van der Waals surface area contributed by atoms with E-state index < -0.39 is 11.4 Å². The summed E-state index contributed by atoms with van der Waals surface area (Å²) in [5, 5.41) is 8.89. The van der Waals surface area contributed by atoms with E-state index in [0.717, 1.165) is 6.42 Å². The second-order valence-electron chi connectivity index (χ2n) is 3.73. The number of hydrogen-bond acceptors (Lipinski definition) is 1. The number of hydrogen-bond donors (Lipinski definition) is 1. The molecule has 0 aliphatic rings. The van der Waals surface area contributed by atoms with E-state index in [2.05, 4.69) is 0 Å². The van der Waals surface area contributed by atoms with Crippen LogP contribution in [0.1, 0.15) is 34.1 Å². The Kier molecular flexibility index (Phi) is 4.01. The van der Waals surface area contributed by atoms with Crippen LogP contribution in [-0.4, -0.2) is 11.1 Å². The van der Waals surface area contributed by atoms with E-state index >= 15 is 0 Å². The molecule has 0 aromatic heterocycles. The Labute approximate surface area is 74.3 Å². The highest BCUT2D eigenvalue weighted by Crippen LogP contribution is 2.29. The number of allylic oxidation sites excluding steroid dienone is 2. The first-order chi connectivity index (χ1) is 5.42. The van der Waals surface area contributed by atoms with Crippen molar-refractivity contribution in [3.63, 3.8) is 0 Å². The van der Waals surface area contributed by atoms with E-state index in [9.17, 15) is 4.79 Å². The molecule has 1 N–H and O–H groups in total. The molecule has 2 heteroatoms. The highest BCUT2D eigenvalue weighted by atomic mass is 16.4. The number of carboxylic acid groups (broad SMARTS) is 1. The van der Waals surface area contributed by atoms with Gasteiger partial charge in [-0.2, -0.15) is 0 Å². The number of rotatable bonds is 4. The lowest BCUT2D eigenvalue weighted by atomic mass is 9.78. The van der Waals surface area contributed by atoms with Crippen LogP contribution in [0.5, 0.6) is 0 Å². The molecule has 0 aromatic rings. The molecule has 0 radical (unpaired) electrons. The van der Waals surface area contributed by atoms with Crippen LogP contribution in [0, 0.1) is 11.3 Å². The third-order valence-electron chi connectivity index (χ3n) is 2.51. The molecule has 0 saturated heterocycles. The van der Waals surface area contributed by atoms with E-state index in [1.54, 1.807) is 13.8 Å². The molecule has 0 fully saturated rings. The van der Waals surface area contributed by atoms with Crippen molar-refractivity contribution in [2.24, 2.45) is 11.3 Å². The monoisotopic (exact) mass is 170 g/mol. The van der Waals surface area contributed by atoms with Crippen LogP contribution in [-0.2, 0) is 4.79 Å². The van der Waals surface area contributed by atoms with Crippen LogP contribution in [0.15, 0.2) is 12.2 Å². The maximum absolute atomic E-state index is 10.8. The SMILES string of the molecule is C/C=C/CC(C)C(C)(C)C(=O)O. The third-order valence-corrected chi connectivity index (χ3v) is 2.51. The molecule has 0 saturated carbocycles. The van der Waals surface area contributed by atoms with Gasteiger partial charge in [-0.1, -0.05) is 19.1 Å². The smallest absolute Gasteiger partial charge is 0.309 e. The lowest BCUT2D eigenvalue weighted by Gasteiger charge is -2.25. The number of carbonyl (C=O) groups is 1. The topological polar surface area (TPSA) is 37.3 Å². The van der Waals surface area contributed by atoms with Crippen LogP contribution >= 0.6 is 0 Å². The van der Waals surface area contributed by atoms with Gasteiger partial charge in [-0.25, -0.2) is 0 Å². The van der Waals surface area contributed by atoms with Crippen molar-refractivity contribution in [2.45, 2.75) is 34.1 Å². The molecule has 0 amide bonds. The predicted molar refractivity (Wildman–Crippen MR) is 50.0 cm³/mol. The Morgan fingerprint density at radius 2 is 2.08 bits per heavy atom. The molecule has 2 nitrogen and oxygen atoms in total. The Bertz CT molecular complexity index is 180. The first kappa shape index (κ1) is 11.2. The Hall–Kier alpha value is -0.790. The first-order valence-electron chi connectivity index (χ1n) is 4.27. The Morgan fingerprint density at radius 1 is 1.58 bits per heavy atom. The summed E-state index contributed by atoms with van der Waals surface area (Å²) in [5.41, 5.74) is -0.625. The Morgan fingerprint density at radius 3 is 2.42 bits per heavy atom. The summed E-state index contributed by atoms with van der Waals surface area (Å²) in [5.74, 6) is -0.550. The van der Waals surface area contributed by atoms with Crippen LogP contribution in [0.3, 0.4) is 0 Å². The standard InChI is InChI=1S/C10H18O2/c1-5-6-7-8(2)10(3,4)9(11)12/h5-6,8H,7H2,1-4H3,(H,11,12)/b6-5+. The van der Waals surface area contributed by atoms with Crippen molar-refractivity contribution in [2.75, 3.05) is 0 Å². The van der Waals surface area contributed by atoms with E-state index in [0.29, 0.717) is 0 Å². The second kappa shape index (κ2) is 4.29. The minimum absolute atomic E-state index is 0.172. The summed E-state index contributed by atoms with van der Waals surface area (Å²) < 4.78 is 0. The van der Waals surface area contributed by atoms with E-state index in [1.807, 2.05) is 26.0 Å². The van der Waals surface area contributed by atoms with Crippen LogP contribution < -0.4 is 0 Å². The highest BCUT2D eigenvalue weighted by molar-refractivity contribution is 5.73. The fourth-order valence-electron chi connectivity index (χ4n) is 0.846. The summed E-state index contributed by atoms with van der Waals surface area (Å²) in [4.78, 5) is 10.8. The normalized spacial score (nSPS) is 15.0. The van der Waals surface area contributed by atoms with Gasteiger partial charge in [0.05, 0.1) is 5.41 Å². The summed E-state index contributed by atoms with van der Waals surface area (Å²) >= 11 is 0. The van der Waals surface area contributed by atoms with E-state index in [-0.39, 0.29) is 5.92 Å². The van der Waals surface area contributed by atoms with Crippen molar-refractivity contribution in [3.05, 3.63) is 12.2 Å². The molecular formula is C10H18O2. The predicted octanol–water partition coefficient (Wildman–Crippen LogP) is 2.70. The van der Waals surface area contributed by atoms with Gasteiger partial charge in [-0.05, 0) is 33.1 Å². The summed E-state index contributed by atoms with van der Waals surface area (Å²) in [6.07, 6.45) is 4.79. The minimum Gasteiger partial charge on any atom is -0.481 e. The largest absolute Gasteiger partial charge is 0.481 e. The van der Waals surface area contributed by atoms with Crippen molar-refractivity contribution in [3.8, 4) is 0 Å². The fourth-order valence-corrected chi connectivity index (χ4v) is 0.846. The molecule has 1 atom stereocenters. The minimum atomic E-state index is -0.723. The molecule has 0 rings (SSSR count). The molecule has 0 spiro atoms. The van der Waals surface area contributed by atoms with Crippen molar-refractivity contribution in [1.82, 2.24) is 0 Å². The fraction of sp³-hybridized carbons (Fsp3) is 0.700. The molecule has 70 valence electrons. The molecule has 0 bridgehead atoms. The first-order valence-corrected chi connectivity index (χ1v) is 4.27. The van der Waals surface area contributed by atoms with Crippen molar-refractivity contribution >= 4 is 5.97 Å². The molecular weight excluding hydrogens is 152 g/mol. The second-order valence-corrected chi connectivity index (χ2v) is 3.73. The van der Waals surface area contributed by atoms with Gasteiger partial charge in [0.1, 0.15) is 0 Å². The van der Waals surface area contributed by atoms with Crippen LogP contribution in [0.4, 0.5) is 0 Å². The molecule has 0 aliphatic carbocycles. The highest BCUT2D eigenvalue weighted by Gasteiger charge is 2.32. The van der Waals surface area contributed by atoms with Gasteiger partial charge in [0, 0.05) is 0 Å². The summed E-state index contributed by atoms with van der Waals surface area (Å²) in [6.45, 7) is 7.45. The van der Waals surface area contributed by atoms with Crippen molar-refractivity contribution < 1.29 is 9.90 Å². The quantitative estimate of drug-likeness (QED) is 0.659. The van der Waals surface area contributed by atoms with E-state index in [1.165, 1.54) is 0 Å². The summed E-state index contributed by atoms with van der Waals surface area (Å²) in [7, 11) is 0. The maximum atomic E-state index is 10.8. The lowest BCUT2D eigenvalue weighted by Crippen LogP contribution is -2.30. The van der Waals surface area contributed by atoms with Gasteiger partial charge < -0.3 is 5.11 Å². The zero-order chi connectivity index (χ0) is 9.78. The van der Waals surface area contributed by atoms with Gasteiger partial charge in [0.25, 0.3) is 0 Å². The van der Waals surface area contributed by atoms with E-state index in [4.69, 9.17) is 5.11 Å². The third kappa shape index (κ3) is 2.68. The van der Waals surface area contributed by atoms with Gasteiger partial charge >= 0.3 is 5.97 Å². The Balaban J connectivity index is 4.24. The summed E-state index contributed by atoms with van der Waals surface area (Å²) in [6, 6.07) is 0. The van der Waals surface area contributed by atoms with Gasteiger partial charge in [0.15, 0.2) is 0 Å². The number of carboxylic acids is 1. The molecule has 1 unspecified atom stereocenters. The zero-order valence-electron chi connectivity index (χ0n) is 8.29. The van der Waals surface area contributed by atoms with Crippen LogP contribution in [0.25, 0.3) is 0 Å². The lowest BCUT2D eigenvalue weighted by molar-refractivity contribution is -0.149. The number of aliphatic carboxylic acids is 1. The average molecular weight is 170 g/mol. The molecule has 12 heavy (non-hydrogen) atoms. The van der Waals surface area contributed by atoms with Gasteiger partial charge in [-0.3, -0.25) is 4.79 Å². The van der Waals surface area contributed by atoms with Gasteiger partial charge in [-0.15, -0.1) is 0 Å². The molecule has 0 aromatic carbocycles. The zero-order valence-corrected chi connectivity index (χ0v) is 8.29. The maximum Gasteiger partial charge on any atom is 0.309 e. The van der Waals surface area contributed by atoms with Gasteiger partial charge in [0.2, 0.25) is 0 Å².